The molecule has 0 aromatic heterocycles. The van der Waals surface area contributed by atoms with Gasteiger partial charge < -0.3 is 9.47 Å². The number of rotatable bonds is 8. The molecule has 3 aliphatic carbocycles. The Balaban J connectivity index is 1.19. The zero-order chi connectivity index (χ0) is 18.2. The van der Waals surface area contributed by atoms with Gasteiger partial charge in [-0.05, 0) is 86.9 Å². The van der Waals surface area contributed by atoms with Gasteiger partial charge in [0, 0.05) is 26.4 Å². The van der Waals surface area contributed by atoms with Crippen molar-refractivity contribution in [2.24, 2.45) is 35.5 Å². The van der Waals surface area contributed by atoms with Gasteiger partial charge in [0.15, 0.2) is 0 Å². The molecule has 0 N–H and O–H groups in total. The molecule has 0 aromatic carbocycles. The standard InChI is InChI=1S/C24H44O2/c1-19-3-7-21(8-4-19)15-25-17-23-11-13-24(14-12-23)18-26-16-22-9-5-20(2)6-10-22/h19-24H,3-18H2,1-2H3. The normalized spacial score (nSPS) is 39.0. The first kappa shape index (κ1) is 20.6. The predicted octanol–water partition coefficient (Wildman–Crippen LogP) is 6.48. The summed E-state index contributed by atoms with van der Waals surface area (Å²) < 4.78 is 12.2. The number of hydrogen-bond acceptors (Lipinski definition) is 2. The Kier molecular flexibility index (Phi) is 8.78. The molecule has 152 valence electrons. The quantitative estimate of drug-likeness (QED) is 0.491. The Labute approximate surface area is 162 Å². The van der Waals surface area contributed by atoms with Crippen LogP contribution >= 0.6 is 0 Å². The van der Waals surface area contributed by atoms with Crippen molar-refractivity contribution in [3.63, 3.8) is 0 Å². The lowest BCUT2D eigenvalue weighted by atomic mass is 9.82. The Bertz CT molecular complexity index is 322. The minimum Gasteiger partial charge on any atom is -0.381 e. The van der Waals surface area contributed by atoms with E-state index in [0.29, 0.717) is 0 Å². The van der Waals surface area contributed by atoms with Crippen molar-refractivity contribution in [3.05, 3.63) is 0 Å². The van der Waals surface area contributed by atoms with E-state index >= 15 is 0 Å². The third kappa shape index (κ3) is 7.15. The van der Waals surface area contributed by atoms with Crippen LogP contribution in [0.1, 0.15) is 90.9 Å². The van der Waals surface area contributed by atoms with Crippen molar-refractivity contribution < 1.29 is 9.47 Å². The highest BCUT2D eigenvalue weighted by Crippen LogP contribution is 2.32. The van der Waals surface area contributed by atoms with Crippen molar-refractivity contribution in [2.75, 3.05) is 26.4 Å². The lowest BCUT2D eigenvalue weighted by Gasteiger charge is -2.31. The molecule has 0 radical (unpaired) electrons. The summed E-state index contributed by atoms with van der Waals surface area (Å²) >= 11 is 0. The topological polar surface area (TPSA) is 18.5 Å². The van der Waals surface area contributed by atoms with Gasteiger partial charge in [-0.1, -0.05) is 39.5 Å². The zero-order valence-corrected chi connectivity index (χ0v) is 17.6. The SMILES string of the molecule is CC1CCC(COCC2CCC(COCC3CCC(C)CC3)CC2)CC1. The Hall–Kier alpha value is -0.0800. The third-order valence-electron chi connectivity index (χ3n) is 7.65. The van der Waals surface area contributed by atoms with Gasteiger partial charge in [0.2, 0.25) is 0 Å². The molecule has 0 heterocycles. The zero-order valence-electron chi connectivity index (χ0n) is 17.6. The van der Waals surface area contributed by atoms with Gasteiger partial charge in [-0.25, -0.2) is 0 Å². The first-order valence-electron chi connectivity index (χ1n) is 11.8. The van der Waals surface area contributed by atoms with Crippen molar-refractivity contribution >= 4 is 0 Å². The minimum absolute atomic E-state index is 0.814. The van der Waals surface area contributed by atoms with E-state index < -0.39 is 0 Å². The van der Waals surface area contributed by atoms with E-state index in [0.717, 1.165) is 61.9 Å². The molecule has 3 rings (SSSR count). The molecule has 0 bridgehead atoms. The van der Waals surface area contributed by atoms with Gasteiger partial charge in [0.1, 0.15) is 0 Å². The van der Waals surface area contributed by atoms with Crippen LogP contribution < -0.4 is 0 Å². The minimum atomic E-state index is 0.814. The van der Waals surface area contributed by atoms with E-state index in [2.05, 4.69) is 13.8 Å². The van der Waals surface area contributed by atoms with Crippen molar-refractivity contribution in [2.45, 2.75) is 90.9 Å². The van der Waals surface area contributed by atoms with E-state index in [4.69, 9.17) is 9.47 Å². The van der Waals surface area contributed by atoms with Gasteiger partial charge in [-0.3, -0.25) is 0 Å². The summed E-state index contributed by atoms with van der Waals surface area (Å²) in [6.07, 6.45) is 16.7. The smallest absolute Gasteiger partial charge is 0.0494 e. The van der Waals surface area contributed by atoms with Crippen LogP contribution in [0.15, 0.2) is 0 Å². The fourth-order valence-electron chi connectivity index (χ4n) is 5.36. The largest absolute Gasteiger partial charge is 0.381 e. The van der Waals surface area contributed by atoms with E-state index in [9.17, 15) is 0 Å². The Morgan fingerprint density at radius 2 is 0.654 bits per heavy atom. The molecular formula is C24H44O2. The van der Waals surface area contributed by atoms with Gasteiger partial charge in [-0.2, -0.15) is 0 Å². The lowest BCUT2D eigenvalue weighted by Crippen LogP contribution is -2.25. The molecule has 0 saturated heterocycles. The molecule has 2 heteroatoms. The maximum Gasteiger partial charge on any atom is 0.0494 e. The summed E-state index contributed by atoms with van der Waals surface area (Å²) in [6, 6.07) is 0. The molecule has 0 spiro atoms. The van der Waals surface area contributed by atoms with Gasteiger partial charge >= 0.3 is 0 Å². The average molecular weight is 365 g/mol. The molecule has 3 saturated carbocycles. The third-order valence-corrected chi connectivity index (χ3v) is 7.65. The highest BCUT2D eigenvalue weighted by atomic mass is 16.5. The second kappa shape index (κ2) is 11.1. The van der Waals surface area contributed by atoms with E-state index in [1.807, 2.05) is 0 Å². The van der Waals surface area contributed by atoms with Crippen LogP contribution in [0.3, 0.4) is 0 Å². The molecule has 3 aliphatic rings. The van der Waals surface area contributed by atoms with Gasteiger partial charge in [0.05, 0.1) is 0 Å². The molecule has 3 fully saturated rings. The van der Waals surface area contributed by atoms with Crippen molar-refractivity contribution in [1.29, 1.82) is 0 Å². The van der Waals surface area contributed by atoms with Crippen molar-refractivity contribution in [3.8, 4) is 0 Å². The molecule has 0 unspecified atom stereocenters. The van der Waals surface area contributed by atoms with Gasteiger partial charge in [0.25, 0.3) is 0 Å². The van der Waals surface area contributed by atoms with Crippen LogP contribution in [-0.2, 0) is 9.47 Å². The van der Waals surface area contributed by atoms with E-state index in [-0.39, 0.29) is 0 Å². The molecule has 2 nitrogen and oxygen atoms in total. The lowest BCUT2D eigenvalue weighted by molar-refractivity contribution is 0.0207. The predicted molar refractivity (Wildman–Crippen MR) is 109 cm³/mol. The van der Waals surface area contributed by atoms with Crippen LogP contribution in [-0.4, -0.2) is 26.4 Å². The van der Waals surface area contributed by atoms with Crippen LogP contribution in [0.2, 0.25) is 0 Å². The first-order valence-corrected chi connectivity index (χ1v) is 11.8. The fourth-order valence-corrected chi connectivity index (χ4v) is 5.36. The highest BCUT2D eigenvalue weighted by Gasteiger charge is 2.24. The molecule has 0 aliphatic heterocycles. The second-order valence-corrected chi connectivity index (χ2v) is 10.2. The average Bonchev–Trinajstić information content (AvgIpc) is 2.66. The second-order valence-electron chi connectivity index (χ2n) is 10.2. The van der Waals surface area contributed by atoms with E-state index in [1.54, 1.807) is 0 Å². The monoisotopic (exact) mass is 364 g/mol. The molecular weight excluding hydrogens is 320 g/mol. The number of hydrogen-bond donors (Lipinski definition) is 0. The van der Waals surface area contributed by atoms with Gasteiger partial charge in [-0.15, -0.1) is 0 Å². The van der Waals surface area contributed by atoms with Crippen LogP contribution in [0.5, 0.6) is 0 Å². The van der Waals surface area contributed by atoms with Crippen LogP contribution in [0.4, 0.5) is 0 Å². The Morgan fingerprint density at radius 3 is 0.923 bits per heavy atom. The van der Waals surface area contributed by atoms with Crippen LogP contribution in [0.25, 0.3) is 0 Å². The molecule has 0 amide bonds. The number of ether oxygens (including phenoxy) is 2. The maximum absolute atomic E-state index is 6.12. The summed E-state index contributed by atoms with van der Waals surface area (Å²) in [5.74, 6) is 5.22. The summed E-state index contributed by atoms with van der Waals surface area (Å²) in [5.41, 5.74) is 0. The van der Waals surface area contributed by atoms with Crippen LogP contribution in [0, 0.1) is 35.5 Å². The summed E-state index contributed by atoms with van der Waals surface area (Å²) in [5, 5.41) is 0. The summed E-state index contributed by atoms with van der Waals surface area (Å²) in [6.45, 7) is 8.87. The molecule has 0 atom stereocenters. The fraction of sp³-hybridized carbons (Fsp3) is 1.00. The van der Waals surface area contributed by atoms with E-state index in [1.165, 1.54) is 77.0 Å². The first-order chi connectivity index (χ1) is 12.7. The summed E-state index contributed by atoms with van der Waals surface area (Å²) in [7, 11) is 0. The maximum atomic E-state index is 6.12. The highest BCUT2D eigenvalue weighted by molar-refractivity contribution is 4.74. The summed E-state index contributed by atoms with van der Waals surface area (Å²) in [4.78, 5) is 0. The molecule has 26 heavy (non-hydrogen) atoms. The molecule has 0 aromatic rings. The Morgan fingerprint density at radius 1 is 0.423 bits per heavy atom. The van der Waals surface area contributed by atoms with Crippen molar-refractivity contribution in [1.82, 2.24) is 0 Å².